The number of ether oxygens (including phenoxy) is 2. The fourth-order valence-corrected chi connectivity index (χ4v) is 2.32. The van der Waals surface area contributed by atoms with Crippen molar-refractivity contribution in [2.75, 3.05) is 19.8 Å². The first-order valence-electron chi connectivity index (χ1n) is 6.48. The highest BCUT2D eigenvalue weighted by Gasteiger charge is 2.38. The third-order valence-electron chi connectivity index (χ3n) is 3.18. The molecule has 1 saturated heterocycles. The molecular formula is C14H16ClNO5. The second-order valence-corrected chi connectivity index (χ2v) is 5.38. The molecule has 1 heterocycles. The van der Waals surface area contributed by atoms with Crippen LogP contribution in [-0.2, 0) is 14.3 Å². The first-order chi connectivity index (χ1) is 9.99. The van der Waals surface area contributed by atoms with E-state index in [1.54, 1.807) is 24.3 Å². The highest BCUT2D eigenvalue weighted by atomic mass is 35.5. The number of amides is 1. The van der Waals surface area contributed by atoms with Gasteiger partial charge in [-0.2, -0.15) is 0 Å². The second kappa shape index (κ2) is 6.78. The summed E-state index contributed by atoms with van der Waals surface area (Å²) in [5.74, 6) is -0.833. The van der Waals surface area contributed by atoms with E-state index in [1.165, 1.54) is 0 Å². The molecule has 21 heavy (non-hydrogen) atoms. The van der Waals surface area contributed by atoms with Crippen LogP contribution in [0.2, 0.25) is 5.02 Å². The Morgan fingerprint density at radius 2 is 2.10 bits per heavy atom. The van der Waals surface area contributed by atoms with Gasteiger partial charge in [-0.25, -0.2) is 0 Å². The number of carboxylic acid groups (broad SMARTS) is 1. The van der Waals surface area contributed by atoms with Gasteiger partial charge in [-0.1, -0.05) is 11.6 Å². The average molecular weight is 314 g/mol. The van der Waals surface area contributed by atoms with E-state index in [-0.39, 0.29) is 25.5 Å². The number of benzene rings is 1. The third kappa shape index (κ3) is 4.61. The predicted octanol–water partition coefficient (Wildman–Crippen LogP) is 1.47. The van der Waals surface area contributed by atoms with Gasteiger partial charge in [0.25, 0.3) is 5.91 Å². The van der Waals surface area contributed by atoms with E-state index in [9.17, 15) is 9.59 Å². The van der Waals surface area contributed by atoms with Crippen molar-refractivity contribution in [2.45, 2.75) is 18.4 Å². The van der Waals surface area contributed by atoms with Crippen LogP contribution in [-0.4, -0.2) is 42.3 Å². The lowest BCUT2D eigenvalue weighted by Gasteiger charge is -2.26. The van der Waals surface area contributed by atoms with Crippen molar-refractivity contribution in [3.8, 4) is 5.75 Å². The van der Waals surface area contributed by atoms with Crippen LogP contribution < -0.4 is 10.1 Å². The van der Waals surface area contributed by atoms with Crippen LogP contribution >= 0.6 is 11.6 Å². The predicted molar refractivity (Wildman–Crippen MR) is 75.5 cm³/mol. The van der Waals surface area contributed by atoms with Crippen molar-refractivity contribution in [3.05, 3.63) is 29.3 Å². The van der Waals surface area contributed by atoms with E-state index in [1.807, 2.05) is 0 Å². The molecule has 1 fully saturated rings. The first-order valence-corrected chi connectivity index (χ1v) is 6.86. The maximum Gasteiger partial charge on any atom is 0.305 e. The van der Waals surface area contributed by atoms with E-state index in [0.29, 0.717) is 23.8 Å². The highest BCUT2D eigenvalue weighted by molar-refractivity contribution is 6.30. The van der Waals surface area contributed by atoms with E-state index < -0.39 is 11.5 Å². The van der Waals surface area contributed by atoms with Crippen LogP contribution in [0.3, 0.4) is 0 Å². The van der Waals surface area contributed by atoms with Gasteiger partial charge in [0.2, 0.25) is 0 Å². The maximum atomic E-state index is 11.9. The molecule has 0 aliphatic carbocycles. The van der Waals surface area contributed by atoms with Crippen LogP contribution in [0.15, 0.2) is 24.3 Å². The van der Waals surface area contributed by atoms with E-state index >= 15 is 0 Å². The van der Waals surface area contributed by atoms with Gasteiger partial charge in [-0.3, -0.25) is 9.59 Å². The van der Waals surface area contributed by atoms with Crippen LogP contribution in [0.1, 0.15) is 12.8 Å². The number of nitrogens with one attached hydrogen (secondary N) is 1. The molecule has 1 aliphatic rings. The Balaban J connectivity index is 1.87. The van der Waals surface area contributed by atoms with Gasteiger partial charge in [0.05, 0.1) is 18.6 Å². The molecule has 1 amide bonds. The lowest BCUT2D eigenvalue weighted by molar-refractivity contribution is -0.139. The van der Waals surface area contributed by atoms with Crippen molar-refractivity contribution >= 4 is 23.5 Å². The summed E-state index contributed by atoms with van der Waals surface area (Å²) in [6, 6.07) is 6.62. The molecule has 2 rings (SSSR count). The smallest absolute Gasteiger partial charge is 0.305 e. The molecule has 0 aromatic heterocycles. The molecule has 0 spiro atoms. The minimum atomic E-state index is -0.973. The quantitative estimate of drug-likeness (QED) is 0.830. The van der Waals surface area contributed by atoms with E-state index in [4.69, 9.17) is 26.2 Å². The molecular weight excluding hydrogens is 298 g/mol. The van der Waals surface area contributed by atoms with Crippen molar-refractivity contribution in [2.24, 2.45) is 0 Å². The zero-order valence-electron chi connectivity index (χ0n) is 11.3. The SMILES string of the molecule is O=C(O)CC1(NC(=O)COc2ccc(Cl)cc2)CCOC1. The summed E-state index contributed by atoms with van der Waals surface area (Å²) in [6.07, 6.45) is 0.311. The lowest BCUT2D eigenvalue weighted by Crippen LogP contribution is -2.51. The molecule has 7 heteroatoms. The largest absolute Gasteiger partial charge is 0.484 e. The number of aliphatic carboxylic acids is 1. The number of carbonyl (C=O) groups excluding carboxylic acids is 1. The molecule has 1 unspecified atom stereocenters. The minimum Gasteiger partial charge on any atom is -0.484 e. The Morgan fingerprint density at radius 3 is 2.67 bits per heavy atom. The van der Waals surface area contributed by atoms with Crippen LogP contribution in [0, 0.1) is 0 Å². The van der Waals surface area contributed by atoms with Gasteiger partial charge in [-0.15, -0.1) is 0 Å². The van der Waals surface area contributed by atoms with Crippen molar-refractivity contribution < 1.29 is 24.2 Å². The zero-order valence-corrected chi connectivity index (χ0v) is 12.1. The molecule has 1 aromatic rings. The Bertz CT molecular complexity index is 511. The number of hydrogen-bond donors (Lipinski definition) is 2. The van der Waals surface area contributed by atoms with Gasteiger partial charge in [0, 0.05) is 11.6 Å². The Morgan fingerprint density at radius 1 is 1.38 bits per heavy atom. The third-order valence-corrected chi connectivity index (χ3v) is 3.43. The highest BCUT2D eigenvalue weighted by Crippen LogP contribution is 2.22. The van der Waals surface area contributed by atoms with Crippen molar-refractivity contribution in [3.63, 3.8) is 0 Å². The van der Waals surface area contributed by atoms with Gasteiger partial charge >= 0.3 is 5.97 Å². The standard InChI is InChI=1S/C14H16ClNO5/c15-10-1-3-11(4-2-10)21-8-12(17)16-14(7-13(18)19)5-6-20-9-14/h1-4H,5-9H2,(H,16,17)(H,18,19). The second-order valence-electron chi connectivity index (χ2n) is 4.94. The minimum absolute atomic E-state index is 0.167. The number of carboxylic acids is 1. The van der Waals surface area contributed by atoms with Gasteiger partial charge in [0.15, 0.2) is 6.61 Å². The molecule has 114 valence electrons. The van der Waals surface area contributed by atoms with Gasteiger partial charge in [-0.05, 0) is 30.7 Å². The summed E-state index contributed by atoms with van der Waals surface area (Å²) in [5.41, 5.74) is -0.841. The Kier molecular flexibility index (Phi) is 5.03. The molecule has 1 aliphatic heterocycles. The molecule has 1 atom stereocenters. The summed E-state index contributed by atoms with van der Waals surface area (Å²) < 4.78 is 10.5. The monoisotopic (exact) mass is 313 g/mol. The molecule has 0 radical (unpaired) electrons. The summed E-state index contributed by atoms with van der Waals surface area (Å²) >= 11 is 5.75. The van der Waals surface area contributed by atoms with Crippen LogP contribution in [0.25, 0.3) is 0 Å². The maximum absolute atomic E-state index is 11.9. The molecule has 0 saturated carbocycles. The summed E-state index contributed by atoms with van der Waals surface area (Å²) in [4.78, 5) is 22.8. The first kappa shape index (κ1) is 15.6. The number of hydrogen-bond acceptors (Lipinski definition) is 4. The van der Waals surface area contributed by atoms with E-state index in [2.05, 4.69) is 5.32 Å². The fourth-order valence-electron chi connectivity index (χ4n) is 2.19. The molecule has 2 N–H and O–H groups in total. The van der Waals surface area contributed by atoms with Crippen LogP contribution in [0.4, 0.5) is 0 Å². The number of halogens is 1. The number of carbonyl (C=O) groups is 2. The van der Waals surface area contributed by atoms with Crippen molar-refractivity contribution in [1.82, 2.24) is 5.32 Å². The molecule has 6 nitrogen and oxygen atoms in total. The fraction of sp³-hybridized carbons (Fsp3) is 0.429. The normalized spacial score (nSPS) is 21.0. The topological polar surface area (TPSA) is 84.9 Å². The number of rotatable bonds is 6. The summed E-state index contributed by atoms with van der Waals surface area (Å²) in [6.45, 7) is 0.445. The van der Waals surface area contributed by atoms with Gasteiger partial charge in [0.1, 0.15) is 5.75 Å². The van der Waals surface area contributed by atoms with E-state index in [0.717, 1.165) is 0 Å². The molecule has 1 aromatic carbocycles. The Hall–Kier alpha value is -1.79. The summed E-state index contributed by atoms with van der Waals surface area (Å²) in [5, 5.41) is 12.2. The van der Waals surface area contributed by atoms with Crippen LogP contribution in [0.5, 0.6) is 5.75 Å². The summed E-state index contributed by atoms with van der Waals surface area (Å²) in [7, 11) is 0. The lowest BCUT2D eigenvalue weighted by atomic mass is 9.94. The average Bonchev–Trinajstić information content (AvgIpc) is 2.85. The Labute approximate surface area is 127 Å². The zero-order chi connectivity index (χ0) is 15.3. The van der Waals surface area contributed by atoms with Gasteiger partial charge < -0.3 is 19.9 Å². The molecule has 0 bridgehead atoms. The van der Waals surface area contributed by atoms with Crippen molar-refractivity contribution in [1.29, 1.82) is 0 Å².